The molecule has 0 fully saturated rings. The van der Waals surface area contributed by atoms with Gasteiger partial charge >= 0.3 is 0 Å². The Kier molecular flexibility index (Phi) is 6.61. The zero-order valence-electron chi connectivity index (χ0n) is 6.87. The van der Waals surface area contributed by atoms with Crippen LogP contribution in [0.25, 0.3) is 0 Å². The molecule has 1 aromatic heterocycles. The van der Waals surface area contributed by atoms with Crippen LogP contribution in [-0.4, -0.2) is 16.5 Å². The van der Waals surface area contributed by atoms with Gasteiger partial charge in [-0.15, -0.1) is 11.8 Å². The van der Waals surface area contributed by atoms with Gasteiger partial charge in [0.15, 0.2) is 0 Å². The Bertz CT molecular complexity index is 181. The molecule has 0 unspecified atom stereocenters. The molecule has 0 bridgehead atoms. The Balaban J connectivity index is -0.000000213. The summed E-state index contributed by atoms with van der Waals surface area (Å²) in [5, 5.41) is 8.19. The van der Waals surface area contributed by atoms with Crippen molar-refractivity contribution >= 4 is 11.8 Å². The number of aromatic nitrogens is 3. The maximum Gasteiger partial charge on any atom is 0.0467 e. The summed E-state index contributed by atoms with van der Waals surface area (Å²) in [6.07, 6.45) is 1.93. The molecule has 0 spiro atoms. The van der Waals surface area contributed by atoms with Crippen LogP contribution >= 0.6 is 11.8 Å². The van der Waals surface area contributed by atoms with Gasteiger partial charge in [0.1, 0.15) is 0 Å². The van der Waals surface area contributed by atoms with E-state index in [-0.39, 0.29) is 0 Å². The number of hydrogen-bond donors (Lipinski definition) is 0. The molecule has 0 N–H and O–H groups in total. The zero-order valence-corrected chi connectivity index (χ0v) is 26.9. The molecule has 0 radical (unpaired) electrons. The van der Waals surface area contributed by atoms with Gasteiger partial charge in [0.25, 0.3) is 0 Å². The fraction of sp³-hybridized carbons (Fsp3) is 0.500. The standard InChI is InChI=1S/C4H6N3S.3Rf/c1-3-5-4(8-2)7-6-3;;;/h1-2H3;;;/q-1;;;. The smallest absolute Gasteiger partial charge is 0.0467 e. The third kappa shape index (κ3) is 2.33. The van der Waals surface area contributed by atoms with E-state index in [0.29, 0.717) is 0 Å². The van der Waals surface area contributed by atoms with Gasteiger partial charge in [-0.05, 0) is 19.0 Å². The first-order chi connectivity index (χ1) is 3.83. The first kappa shape index (κ1) is 15.6. The molecule has 1 heterocycles. The van der Waals surface area contributed by atoms with Crippen molar-refractivity contribution in [2.45, 2.75) is 12.1 Å². The molecular weight excluding hydrogens is 923 g/mol. The van der Waals surface area contributed by atoms with Crippen molar-refractivity contribution in [1.82, 2.24) is 15.2 Å². The van der Waals surface area contributed by atoms with Crippen LogP contribution in [0.2, 0.25) is 0 Å². The number of aryl methyl sites for hydroxylation is 1. The largest absolute Gasteiger partial charge is 0.357 e. The van der Waals surface area contributed by atoms with Gasteiger partial charge in [0.05, 0.1) is 0 Å². The van der Waals surface area contributed by atoms with Crippen LogP contribution in [0.3, 0.4) is 0 Å². The van der Waals surface area contributed by atoms with E-state index in [1.54, 1.807) is 0 Å². The molecule has 0 aliphatic rings. The molecule has 7 heteroatoms. The molecule has 0 saturated carbocycles. The number of thioether (sulfide) groups is 1. The molecule has 50 valence electrons. The summed E-state index contributed by atoms with van der Waals surface area (Å²) in [5.41, 5.74) is 0. The number of hydrogen-bond acceptors (Lipinski definition) is 3. The Morgan fingerprint density at radius 2 is 1.73 bits per heavy atom. The summed E-state index contributed by atoms with van der Waals surface area (Å²) in [5.74, 6) is 0.745. The van der Waals surface area contributed by atoms with Crippen LogP contribution < -0.4 is 4.98 Å². The molecule has 0 aliphatic heterocycles. The number of nitrogens with zero attached hydrogens (tertiary/aromatic N) is 3. The topological polar surface area (TPSA) is 39.9 Å². The summed E-state index contributed by atoms with van der Waals surface area (Å²) in [7, 11) is 0. The normalized spacial score (nSPS) is 7.09. The van der Waals surface area contributed by atoms with E-state index < -0.39 is 0 Å². The van der Waals surface area contributed by atoms with Crippen LogP contribution in [-0.2, 0) is 0 Å². The van der Waals surface area contributed by atoms with E-state index in [1.807, 2.05) is 13.2 Å². The van der Waals surface area contributed by atoms with Crippen LogP contribution in [0.4, 0.5) is 0 Å². The Hall–Kier alpha value is -3.51. The predicted molar refractivity (Wildman–Crippen MR) is 31.9 cm³/mol. The van der Waals surface area contributed by atoms with E-state index >= 15 is 0 Å². The van der Waals surface area contributed by atoms with Crippen molar-refractivity contribution in [3.63, 3.8) is 0 Å². The summed E-state index contributed by atoms with van der Waals surface area (Å²) in [6, 6.07) is 0. The molecule has 0 atom stereocenters. The third-order valence-electron chi connectivity index (χ3n) is 0.720. The molecule has 3 nitrogen and oxygen atoms in total. The van der Waals surface area contributed by atoms with Gasteiger partial charge in [0.2, 0.25) is 0 Å². The van der Waals surface area contributed by atoms with Crippen LogP contribution in [0.15, 0.2) is 5.16 Å². The summed E-state index contributed by atoms with van der Waals surface area (Å²) < 4.78 is 0. The van der Waals surface area contributed by atoms with E-state index in [2.05, 4.69) is 15.2 Å². The van der Waals surface area contributed by atoms with Crippen molar-refractivity contribution in [1.29, 1.82) is 0 Å². The maximum absolute atomic E-state index is 3.97. The van der Waals surface area contributed by atoms with Gasteiger partial charge in [0, 0.05) is 5.16 Å². The predicted octanol–water partition coefficient (Wildman–Crippen LogP) is 0.464. The van der Waals surface area contributed by atoms with Crippen molar-refractivity contribution in [3.8, 4) is 0 Å². The molecule has 0 aliphatic carbocycles. The van der Waals surface area contributed by atoms with Crippen LogP contribution in [0.1, 0.15) is 5.82 Å². The fourth-order valence-corrected chi connectivity index (χ4v) is 0.731. The fourth-order valence-electron chi connectivity index (χ4n) is 0.385. The van der Waals surface area contributed by atoms with Crippen molar-refractivity contribution in [2.24, 2.45) is 0 Å². The van der Waals surface area contributed by atoms with Gasteiger partial charge in [-0.2, -0.15) is 0 Å². The average Bonchev–Trinajstić information content (AvgIpc) is 2.14. The minimum Gasteiger partial charge on any atom is -0.357 e. The van der Waals surface area contributed by atoms with E-state index in [4.69, 9.17) is 0 Å². The molecule has 0 saturated heterocycles. The second kappa shape index (κ2) is 4.64. The van der Waals surface area contributed by atoms with Crippen molar-refractivity contribution in [2.75, 3.05) is 6.26 Å². The molecule has 11 heavy (non-hydrogen) atoms. The molecule has 0 amide bonds. The van der Waals surface area contributed by atoms with Crippen LogP contribution in [0.5, 0.6) is 0 Å². The maximum atomic E-state index is 3.97. The molecule has 1 rings (SSSR count). The Labute approximate surface area is 51.9 Å². The van der Waals surface area contributed by atoms with E-state index in [0.717, 1.165) is 11.0 Å². The number of rotatable bonds is 1. The van der Waals surface area contributed by atoms with Gasteiger partial charge in [-0.25, -0.2) is 0 Å². The first-order valence-corrected chi connectivity index (χ1v) is 3.43. The minimum absolute atomic E-state index is 0. The van der Waals surface area contributed by atoms with Gasteiger partial charge in [-0.3, -0.25) is 0 Å². The second-order valence-electron chi connectivity index (χ2n) is 1.35. The molecule has 0 aromatic carbocycles. The van der Waals surface area contributed by atoms with Crippen LogP contribution in [0, 0.1) is 6.92 Å². The second-order valence-corrected chi connectivity index (χ2v) is 2.12. The summed E-state index contributed by atoms with van der Waals surface area (Å²) in [4.78, 5) is 3.97. The third-order valence-corrected chi connectivity index (χ3v) is 1.26. The zero-order chi connectivity index (χ0) is 5.98. The summed E-state index contributed by atoms with van der Waals surface area (Å²) in [6.45, 7) is 1.83. The molecular formula is C4H6N3Rf3S-. The monoisotopic (exact) mass is 929 g/mol. The Morgan fingerprint density at radius 1 is 1.18 bits per heavy atom. The SMILES string of the molecule is CSc1nnc(C)[n-]1.[Rf].[Rf].[Rf]. The van der Waals surface area contributed by atoms with Crippen molar-refractivity contribution in [3.05, 3.63) is 5.82 Å². The average molecular weight is 929 g/mol. The summed E-state index contributed by atoms with van der Waals surface area (Å²) >= 11 is 1.50. The molecule has 1 aromatic rings. The van der Waals surface area contributed by atoms with Crippen molar-refractivity contribution < 1.29 is 0 Å². The van der Waals surface area contributed by atoms with Gasteiger partial charge in [-0.1, -0.05) is 0 Å². The van der Waals surface area contributed by atoms with Gasteiger partial charge < -0.3 is 15.2 Å². The van der Waals surface area contributed by atoms with E-state index in [1.165, 1.54) is 11.8 Å². The Morgan fingerprint density at radius 3 is 1.91 bits per heavy atom. The first-order valence-electron chi connectivity index (χ1n) is 2.21. The van der Waals surface area contributed by atoms with E-state index in [9.17, 15) is 0 Å². The quantitative estimate of drug-likeness (QED) is 0.385. The minimum atomic E-state index is 0.